The van der Waals surface area contributed by atoms with Crippen LogP contribution in [0.3, 0.4) is 0 Å². The number of hydrogen-bond acceptors (Lipinski definition) is 3. The molecular weight excluding hydrogens is 310 g/mol. The van der Waals surface area contributed by atoms with Crippen molar-refractivity contribution in [2.75, 3.05) is 6.61 Å². The highest BCUT2D eigenvalue weighted by Crippen LogP contribution is 2.14. The van der Waals surface area contributed by atoms with Crippen LogP contribution >= 0.6 is 11.6 Å². The molecule has 0 N–H and O–H groups in total. The van der Waals surface area contributed by atoms with E-state index in [2.05, 4.69) is 4.98 Å². The summed E-state index contributed by atoms with van der Waals surface area (Å²) in [5, 5.41) is 0.495. The number of aryl methyl sites for hydroxylation is 1. The maximum Gasteiger partial charge on any atom is 0.133 e. The van der Waals surface area contributed by atoms with Gasteiger partial charge in [-0.05, 0) is 36.5 Å². The molecule has 0 spiro atoms. The van der Waals surface area contributed by atoms with Crippen molar-refractivity contribution in [3.8, 4) is 0 Å². The zero-order valence-corrected chi connectivity index (χ0v) is 14.0. The Morgan fingerprint density at radius 1 is 1.04 bits per heavy atom. The van der Waals surface area contributed by atoms with Gasteiger partial charge in [0.2, 0.25) is 0 Å². The first kappa shape index (κ1) is 17.6. The van der Waals surface area contributed by atoms with Crippen molar-refractivity contribution in [2.24, 2.45) is 0 Å². The second-order valence-electron chi connectivity index (χ2n) is 5.49. The predicted molar refractivity (Wildman–Crippen MR) is 92.5 cm³/mol. The van der Waals surface area contributed by atoms with Crippen LogP contribution in [-0.2, 0) is 22.6 Å². The molecule has 0 bridgehead atoms. The van der Waals surface area contributed by atoms with Gasteiger partial charge in [0.15, 0.2) is 0 Å². The molecule has 4 heteroatoms. The Kier molecular flexibility index (Phi) is 7.78. The lowest BCUT2D eigenvalue weighted by molar-refractivity contribution is -0.119. The number of hydrogen-bond donors (Lipinski definition) is 0. The minimum atomic E-state index is 0.271. The summed E-state index contributed by atoms with van der Waals surface area (Å²) in [6.07, 6.45) is 5.22. The summed E-state index contributed by atoms with van der Waals surface area (Å²) in [6.45, 7) is 1.32. The van der Waals surface area contributed by atoms with E-state index in [4.69, 9.17) is 16.3 Å². The Balaban J connectivity index is 1.52. The number of benzene rings is 1. The average molecular weight is 332 g/mol. The van der Waals surface area contributed by atoms with Gasteiger partial charge in [-0.2, -0.15) is 0 Å². The molecule has 0 aliphatic carbocycles. The summed E-state index contributed by atoms with van der Waals surface area (Å²) in [6, 6.07) is 13.9. The molecule has 0 fully saturated rings. The number of ketones is 1. The Hall–Kier alpha value is -1.71. The smallest absolute Gasteiger partial charge is 0.133 e. The Morgan fingerprint density at radius 2 is 1.87 bits per heavy atom. The van der Waals surface area contributed by atoms with E-state index in [1.54, 1.807) is 6.20 Å². The van der Waals surface area contributed by atoms with Crippen LogP contribution in [0.2, 0.25) is 5.15 Å². The predicted octanol–water partition coefficient (Wildman–Crippen LogP) is 4.62. The molecule has 0 radical (unpaired) electrons. The minimum absolute atomic E-state index is 0.271. The van der Waals surface area contributed by atoms with Crippen molar-refractivity contribution in [1.82, 2.24) is 4.98 Å². The molecule has 1 aromatic carbocycles. The number of halogens is 1. The SMILES string of the molecule is O=C(CCCCOCc1ccccc1)CCc1cccnc1Cl. The zero-order chi connectivity index (χ0) is 16.3. The molecule has 0 saturated heterocycles. The van der Waals surface area contributed by atoms with Crippen LogP contribution in [0, 0.1) is 0 Å². The highest BCUT2D eigenvalue weighted by molar-refractivity contribution is 6.30. The highest BCUT2D eigenvalue weighted by atomic mass is 35.5. The fraction of sp³-hybridized carbons (Fsp3) is 0.368. The molecule has 0 atom stereocenters. The molecule has 1 aromatic heterocycles. The molecule has 1 heterocycles. The van der Waals surface area contributed by atoms with E-state index in [9.17, 15) is 4.79 Å². The van der Waals surface area contributed by atoms with E-state index in [0.717, 1.165) is 18.4 Å². The minimum Gasteiger partial charge on any atom is -0.377 e. The highest BCUT2D eigenvalue weighted by Gasteiger charge is 2.05. The van der Waals surface area contributed by atoms with Gasteiger partial charge in [0.05, 0.1) is 6.61 Å². The number of ether oxygens (including phenoxy) is 1. The molecule has 23 heavy (non-hydrogen) atoms. The number of carbonyl (C=O) groups is 1. The number of pyridine rings is 1. The number of aromatic nitrogens is 1. The first-order chi connectivity index (χ1) is 11.3. The van der Waals surface area contributed by atoms with E-state index in [1.807, 2.05) is 42.5 Å². The van der Waals surface area contributed by atoms with Crippen LogP contribution < -0.4 is 0 Å². The molecule has 0 amide bonds. The van der Waals surface area contributed by atoms with Crippen LogP contribution in [-0.4, -0.2) is 17.4 Å². The maximum absolute atomic E-state index is 11.9. The molecule has 2 rings (SSSR count). The summed E-state index contributed by atoms with van der Waals surface area (Å²) in [7, 11) is 0. The van der Waals surface area contributed by atoms with E-state index < -0.39 is 0 Å². The third-order valence-corrected chi connectivity index (χ3v) is 3.96. The molecule has 122 valence electrons. The van der Waals surface area contributed by atoms with E-state index in [0.29, 0.717) is 37.6 Å². The molecular formula is C19H22ClNO2. The lowest BCUT2D eigenvalue weighted by Gasteiger charge is -2.05. The van der Waals surface area contributed by atoms with Gasteiger partial charge in [-0.1, -0.05) is 48.0 Å². The molecule has 3 nitrogen and oxygen atoms in total. The first-order valence-electron chi connectivity index (χ1n) is 7.98. The second kappa shape index (κ2) is 10.1. The lowest BCUT2D eigenvalue weighted by Crippen LogP contribution is -2.02. The van der Waals surface area contributed by atoms with Crippen molar-refractivity contribution in [1.29, 1.82) is 0 Å². The van der Waals surface area contributed by atoms with Gasteiger partial charge in [0.1, 0.15) is 10.9 Å². The third kappa shape index (κ3) is 6.93. The lowest BCUT2D eigenvalue weighted by atomic mass is 10.1. The fourth-order valence-corrected chi connectivity index (χ4v) is 2.51. The van der Waals surface area contributed by atoms with Gasteiger partial charge in [-0.25, -0.2) is 4.98 Å². The summed E-state index contributed by atoms with van der Waals surface area (Å²) in [5.41, 5.74) is 2.12. The number of Topliss-reactive ketones (excluding diaryl/α,β-unsaturated/α-hetero) is 1. The quantitative estimate of drug-likeness (QED) is 0.471. The molecule has 0 aliphatic heterocycles. The Morgan fingerprint density at radius 3 is 2.65 bits per heavy atom. The molecule has 0 unspecified atom stereocenters. The molecule has 0 aliphatic rings. The number of carbonyl (C=O) groups excluding carboxylic acids is 1. The van der Waals surface area contributed by atoms with Crippen molar-refractivity contribution in [3.05, 3.63) is 64.9 Å². The number of rotatable bonds is 10. The molecule has 2 aromatic rings. The zero-order valence-electron chi connectivity index (χ0n) is 13.2. The Labute approximate surface area is 142 Å². The van der Waals surface area contributed by atoms with Crippen molar-refractivity contribution in [2.45, 2.75) is 38.7 Å². The van der Waals surface area contributed by atoms with Crippen LogP contribution in [0.25, 0.3) is 0 Å². The normalized spacial score (nSPS) is 10.7. The maximum atomic E-state index is 11.9. The summed E-state index contributed by atoms with van der Waals surface area (Å²) >= 11 is 5.98. The van der Waals surface area contributed by atoms with Gasteiger partial charge in [-0.3, -0.25) is 4.79 Å². The summed E-state index contributed by atoms with van der Waals surface area (Å²) in [4.78, 5) is 15.9. The van der Waals surface area contributed by atoms with Crippen LogP contribution in [0.4, 0.5) is 0 Å². The second-order valence-corrected chi connectivity index (χ2v) is 5.85. The standard InChI is InChI=1S/C19H22ClNO2/c20-19-17(9-6-13-21-19)11-12-18(22)10-4-5-14-23-15-16-7-2-1-3-8-16/h1-3,6-9,13H,4-5,10-12,14-15H2. The monoisotopic (exact) mass is 331 g/mol. The largest absolute Gasteiger partial charge is 0.377 e. The van der Waals surface area contributed by atoms with Crippen molar-refractivity contribution >= 4 is 17.4 Å². The summed E-state index contributed by atoms with van der Waals surface area (Å²) < 4.78 is 5.61. The van der Waals surface area contributed by atoms with E-state index in [-0.39, 0.29) is 5.78 Å². The fourth-order valence-electron chi connectivity index (χ4n) is 2.30. The van der Waals surface area contributed by atoms with Gasteiger partial charge >= 0.3 is 0 Å². The molecule has 0 saturated carbocycles. The third-order valence-electron chi connectivity index (χ3n) is 3.62. The Bertz CT molecular complexity index is 601. The number of unbranched alkanes of at least 4 members (excludes halogenated alkanes) is 1. The van der Waals surface area contributed by atoms with Crippen molar-refractivity contribution in [3.63, 3.8) is 0 Å². The van der Waals surface area contributed by atoms with Gasteiger partial charge < -0.3 is 4.74 Å². The van der Waals surface area contributed by atoms with E-state index in [1.165, 1.54) is 5.56 Å². The number of nitrogens with zero attached hydrogens (tertiary/aromatic N) is 1. The van der Waals surface area contributed by atoms with Crippen LogP contribution in [0.5, 0.6) is 0 Å². The average Bonchev–Trinajstić information content (AvgIpc) is 2.58. The van der Waals surface area contributed by atoms with Crippen molar-refractivity contribution < 1.29 is 9.53 Å². The first-order valence-corrected chi connectivity index (χ1v) is 8.36. The van der Waals surface area contributed by atoms with Gasteiger partial charge in [0, 0.05) is 25.6 Å². The van der Waals surface area contributed by atoms with E-state index >= 15 is 0 Å². The van der Waals surface area contributed by atoms with Gasteiger partial charge in [-0.15, -0.1) is 0 Å². The van der Waals surface area contributed by atoms with Crippen LogP contribution in [0.1, 0.15) is 36.8 Å². The topological polar surface area (TPSA) is 39.2 Å². The van der Waals surface area contributed by atoms with Gasteiger partial charge in [0.25, 0.3) is 0 Å². The van der Waals surface area contributed by atoms with Crippen LogP contribution in [0.15, 0.2) is 48.7 Å². The summed E-state index contributed by atoms with van der Waals surface area (Å²) in [5.74, 6) is 0.271.